The van der Waals surface area contributed by atoms with E-state index in [0.717, 1.165) is 31.9 Å². The highest BCUT2D eigenvalue weighted by Crippen LogP contribution is 2.34. The highest BCUT2D eigenvalue weighted by Gasteiger charge is 2.34. The molecule has 0 saturated heterocycles. The fourth-order valence-electron chi connectivity index (χ4n) is 4.42. The molecule has 7 heteroatoms. The molecule has 5 nitrogen and oxygen atoms in total. The number of nitrogens with zero attached hydrogens (tertiary/aromatic N) is 2. The molecule has 5 rings (SSSR count). The monoisotopic (exact) mass is 546 g/mol. The van der Waals surface area contributed by atoms with E-state index in [0.29, 0.717) is 20.6 Å². The third kappa shape index (κ3) is 4.19. The normalized spacial score (nSPS) is 15.8. The van der Waals surface area contributed by atoms with Gasteiger partial charge >= 0.3 is 5.97 Å². The van der Waals surface area contributed by atoms with Crippen molar-refractivity contribution in [1.82, 2.24) is 4.57 Å². The Labute approximate surface area is 214 Å². The van der Waals surface area contributed by atoms with Crippen molar-refractivity contribution in [2.75, 3.05) is 6.61 Å². The molecule has 176 valence electrons. The number of rotatable bonds is 4. The van der Waals surface area contributed by atoms with Crippen LogP contribution in [0.25, 0.3) is 16.8 Å². The maximum absolute atomic E-state index is 13.8. The largest absolute Gasteiger partial charge is 0.463 e. The van der Waals surface area contributed by atoms with E-state index < -0.39 is 12.0 Å². The quantitative estimate of drug-likeness (QED) is 0.337. The number of aryl methyl sites for hydroxylation is 1. The first kappa shape index (κ1) is 23.5. The molecule has 0 unspecified atom stereocenters. The number of allylic oxidation sites excluding steroid dienone is 1. The number of hydrogen-bond donors (Lipinski definition) is 0. The van der Waals surface area contributed by atoms with Gasteiger partial charge in [0.15, 0.2) is 4.80 Å². The second-order valence-electron chi connectivity index (χ2n) is 8.38. The molecule has 0 aliphatic carbocycles. The number of halogens is 1. The molecule has 0 amide bonds. The van der Waals surface area contributed by atoms with Crippen molar-refractivity contribution in [3.63, 3.8) is 0 Å². The van der Waals surface area contributed by atoms with Crippen LogP contribution in [-0.4, -0.2) is 17.1 Å². The van der Waals surface area contributed by atoms with Gasteiger partial charge in [-0.1, -0.05) is 81.9 Å². The molecule has 1 aliphatic rings. The van der Waals surface area contributed by atoms with Crippen molar-refractivity contribution in [1.29, 1.82) is 0 Å². The number of esters is 1. The third-order valence-electron chi connectivity index (χ3n) is 6.13. The lowest BCUT2D eigenvalue weighted by molar-refractivity contribution is -0.139. The molecule has 0 N–H and O–H groups in total. The number of thiazole rings is 1. The second kappa shape index (κ2) is 9.40. The summed E-state index contributed by atoms with van der Waals surface area (Å²) in [6.07, 6.45) is 1.87. The number of ether oxygens (including phenoxy) is 1. The molecule has 2 heterocycles. The summed E-state index contributed by atoms with van der Waals surface area (Å²) in [5.74, 6) is -0.455. The Kier molecular flexibility index (Phi) is 6.30. The van der Waals surface area contributed by atoms with Crippen LogP contribution in [0.15, 0.2) is 86.2 Å². The van der Waals surface area contributed by atoms with Gasteiger partial charge in [-0.2, -0.15) is 0 Å². The minimum Gasteiger partial charge on any atom is -0.463 e. The average Bonchev–Trinajstić information content (AvgIpc) is 3.14. The van der Waals surface area contributed by atoms with E-state index in [-0.39, 0.29) is 12.2 Å². The van der Waals surface area contributed by atoms with Crippen LogP contribution in [0.4, 0.5) is 0 Å². The van der Waals surface area contributed by atoms with Crippen LogP contribution in [-0.2, 0) is 9.53 Å². The zero-order valence-electron chi connectivity index (χ0n) is 19.5. The summed E-state index contributed by atoms with van der Waals surface area (Å²) in [7, 11) is 0. The van der Waals surface area contributed by atoms with E-state index >= 15 is 0 Å². The lowest BCUT2D eigenvalue weighted by atomic mass is 9.91. The number of hydrogen-bond acceptors (Lipinski definition) is 5. The van der Waals surface area contributed by atoms with Crippen LogP contribution in [0.2, 0.25) is 0 Å². The van der Waals surface area contributed by atoms with Gasteiger partial charge in [0.25, 0.3) is 5.56 Å². The summed E-state index contributed by atoms with van der Waals surface area (Å²) in [6, 6.07) is 19.3. The van der Waals surface area contributed by atoms with Gasteiger partial charge in [-0.25, -0.2) is 9.79 Å². The predicted octanol–water partition coefficient (Wildman–Crippen LogP) is 5.02. The van der Waals surface area contributed by atoms with Crippen LogP contribution < -0.4 is 14.9 Å². The number of fused-ring (bicyclic) bond motifs is 2. The van der Waals surface area contributed by atoms with E-state index in [2.05, 4.69) is 20.9 Å². The van der Waals surface area contributed by atoms with Crippen LogP contribution >= 0.6 is 27.3 Å². The summed E-state index contributed by atoms with van der Waals surface area (Å²) in [6.45, 7) is 5.84. The van der Waals surface area contributed by atoms with Crippen LogP contribution in [0, 0.1) is 6.92 Å². The molecule has 4 aromatic rings. The molecule has 0 spiro atoms. The lowest BCUT2D eigenvalue weighted by Crippen LogP contribution is -2.40. The van der Waals surface area contributed by atoms with Crippen LogP contribution in [0.3, 0.4) is 0 Å². The number of carbonyl (C=O) groups is 1. The van der Waals surface area contributed by atoms with Gasteiger partial charge in [-0.3, -0.25) is 9.36 Å². The Hall–Kier alpha value is -3.29. The molecule has 35 heavy (non-hydrogen) atoms. The van der Waals surface area contributed by atoms with Crippen molar-refractivity contribution >= 4 is 50.1 Å². The Balaban J connectivity index is 1.79. The van der Waals surface area contributed by atoms with Gasteiger partial charge < -0.3 is 4.74 Å². The van der Waals surface area contributed by atoms with Gasteiger partial charge in [0.1, 0.15) is 0 Å². The first-order valence-electron chi connectivity index (χ1n) is 11.3. The smallest absolute Gasteiger partial charge is 0.338 e. The maximum Gasteiger partial charge on any atom is 0.338 e. The van der Waals surface area contributed by atoms with Crippen molar-refractivity contribution in [2.45, 2.75) is 26.8 Å². The van der Waals surface area contributed by atoms with E-state index in [1.807, 2.05) is 73.7 Å². The number of aromatic nitrogens is 1. The van der Waals surface area contributed by atoms with Gasteiger partial charge in [0.2, 0.25) is 0 Å². The predicted molar refractivity (Wildman–Crippen MR) is 143 cm³/mol. The molecule has 1 atom stereocenters. The van der Waals surface area contributed by atoms with Gasteiger partial charge in [0.05, 0.1) is 28.5 Å². The Bertz CT molecular complexity index is 1690. The highest BCUT2D eigenvalue weighted by molar-refractivity contribution is 9.10. The minimum absolute atomic E-state index is 0.183. The summed E-state index contributed by atoms with van der Waals surface area (Å²) < 4.78 is 8.59. The Morgan fingerprint density at radius 3 is 2.69 bits per heavy atom. The topological polar surface area (TPSA) is 60.7 Å². The molecule has 0 bridgehead atoms. The van der Waals surface area contributed by atoms with Crippen LogP contribution in [0.1, 0.15) is 36.6 Å². The summed E-state index contributed by atoms with van der Waals surface area (Å²) >= 11 is 4.90. The molecule has 1 aliphatic heterocycles. The lowest BCUT2D eigenvalue weighted by Gasteiger charge is -2.25. The van der Waals surface area contributed by atoms with Crippen LogP contribution in [0.5, 0.6) is 0 Å². The molecule has 3 aromatic carbocycles. The number of benzene rings is 3. The van der Waals surface area contributed by atoms with Gasteiger partial charge in [-0.05, 0) is 60.4 Å². The zero-order valence-corrected chi connectivity index (χ0v) is 21.9. The summed E-state index contributed by atoms with van der Waals surface area (Å²) in [5.41, 5.74) is 3.67. The molecule has 0 fully saturated rings. The Morgan fingerprint density at radius 2 is 1.91 bits per heavy atom. The third-order valence-corrected chi connectivity index (χ3v) is 7.97. The van der Waals surface area contributed by atoms with E-state index in [1.165, 1.54) is 11.3 Å². The van der Waals surface area contributed by atoms with E-state index in [4.69, 9.17) is 4.74 Å². The number of carbonyl (C=O) groups excluding carboxylic acids is 1. The van der Waals surface area contributed by atoms with Crippen molar-refractivity contribution in [2.24, 2.45) is 4.99 Å². The Morgan fingerprint density at radius 1 is 1.14 bits per heavy atom. The molecular formula is C28H23BrN2O3S. The SMILES string of the molecule is CCOC(=O)C1=C(C)N=c2s/c(=C\c3ccc(C)c(Br)c3)c(=O)n2[C@@H]1c1cccc2ccccc12. The summed E-state index contributed by atoms with van der Waals surface area (Å²) in [4.78, 5) is 32.2. The first-order chi connectivity index (χ1) is 16.9. The minimum atomic E-state index is -0.636. The first-order valence-corrected chi connectivity index (χ1v) is 12.9. The fraction of sp³-hybridized carbons (Fsp3) is 0.179. The highest BCUT2D eigenvalue weighted by atomic mass is 79.9. The molecule has 0 saturated carbocycles. The molecule has 1 aromatic heterocycles. The summed E-state index contributed by atoms with van der Waals surface area (Å²) in [5, 5.41) is 2.02. The second-order valence-corrected chi connectivity index (χ2v) is 10.2. The zero-order chi connectivity index (χ0) is 24.7. The van der Waals surface area contributed by atoms with Crippen molar-refractivity contribution in [3.8, 4) is 0 Å². The molecular weight excluding hydrogens is 524 g/mol. The maximum atomic E-state index is 13.8. The molecule has 0 radical (unpaired) electrons. The van der Waals surface area contributed by atoms with E-state index in [9.17, 15) is 9.59 Å². The fourth-order valence-corrected chi connectivity index (χ4v) is 5.87. The van der Waals surface area contributed by atoms with Crippen molar-refractivity contribution in [3.05, 3.63) is 113 Å². The standard InChI is InChI=1S/C28H23BrN2O3S/c1-4-34-27(33)24-17(3)30-28-31(25(24)21-11-7-9-19-8-5-6-10-20(19)21)26(32)23(35-28)15-18-13-12-16(2)22(29)14-18/h5-15,25H,4H2,1-3H3/b23-15-/t25-/m1/s1. The van der Waals surface area contributed by atoms with E-state index in [1.54, 1.807) is 18.4 Å². The van der Waals surface area contributed by atoms with Gasteiger partial charge in [0, 0.05) is 4.47 Å². The van der Waals surface area contributed by atoms with Crippen molar-refractivity contribution < 1.29 is 9.53 Å². The average molecular weight is 547 g/mol. The van der Waals surface area contributed by atoms with Gasteiger partial charge in [-0.15, -0.1) is 0 Å².